The van der Waals surface area contributed by atoms with Crippen molar-refractivity contribution >= 4 is 35.6 Å². The van der Waals surface area contributed by atoms with E-state index in [0.717, 1.165) is 31.2 Å². The Morgan fingerprint density at radius 3 is 2.61 bits per heavy atom. The SMILES string of the molecule is CN=C(NCc1ccc(OC)cc1)N1CCc2ccccc21.I. The molecule has 0 saturated heterocycles. The van der Waals surface area contributed by atoms with E-state index in [1.54, 1.807) is 7.11 Å². The summed E-state index contributed by atoms with van der Waals surface area (Å²) in [6, 6.07) is 16.6. The van der Waals surface area contributed by atoms with E-state index in [0.29, 0.717) is 0 Å². The predicted octanol–water partition coefficient (Wildman–Crippen LogP) is 3.45. The van der Waals surface area contributed by atoms with Crippen LogP contribution in [-0.2, 0) is 13.0 Å². The van der Waals surface area contributed by atoms with Crippen LogP contribution in [0.3, 0.4) is 0 Å². The van der Waals surface area contributed by atoms with Gasteiger partial charge in [0.2, 0.25) is 0 Å². The molecule has 0 bridgehead atoms. The van der Waals surface area contributed by atoms with Gasteiger partial charge in [0.05, 0.1) is 7.11 Å². The number of para-hydroxylation sites is 1. The van der Waals surface area contributed by atoms with Crippen LogP contribution < -0.4 is 15.0 Å². The van der Waals surface area contributed by atoms with E-state index in [2.05, 4.69) is 51.6 Å². The van der Waals surface area contributed by atoms with E-state index in [4.69, 9.17) is 4.74 Å². The molecule has 2 aromatic carbocycles. The summed E-state index contributed by atoms with van der Waals surface area (Å²) in [4.78, 5) is 6.67. The summed E-state index contributed by atoms with van der Waals surface area (Å²) in [7, 11) is 3.51. The minimum absolute atomic E-state index is 0. The normalized spacial score (nSPS) is 13.3. The lowest BCUT2D eigenvalue weighted by atomic mass is 10.2. The van der Waals surface area contributed by atoms with Crippen molar-refractivity contribution in [2.75, 3.05) is 25.6 Å². The van der Waals surface area contributed by atoms with Crippen molar-refractivity contribution in [3.63, 3.8) is 0 Å². The van der Waals surface area contributed by atoms with Gasteiger partial charge in [-0.2, -0.15) is 0 Å². The molecular weight excluding hydrogens is 401 g/mol. The van der Waals surface area contributed by atoms with Crippen LogP contribution in [0.2, 0.25) is 0 Å². The minimum Gasteiger partial charge on any atom is -0.497 e. The van der Waals surface area contributed by atoms with E-state index < -0.39 is 0 Å². The summed E-state index contributed by atoms with van der Waals surface area (Å²) in [5.41, 5.74) is 3.84. The summed E-state index contributed by atoms with van der Waals surface area (Å²) in [6.07, 6.45) is 1.07. The zero-order chi connectivity index (χ0) is 15.4. The Balaban J connectivity index is 0.00000192. The van der Waals surface area contributed by atoms with Gasteiger partial charge in [-0.05, 0) is 35.7 Å². The summed E-state index contributed by atoms with van der Waals surface area (Å²) in [5, 5.41) is 3.44. The maximum Gasteiger partial charge on any atom is 0.198 e. The molecule has 0 radical (unpaired) electrons. The Bertz CT molecular complexity index is 670. The van der Waals surface area contributed by atoms with Gasteiger partial charge in [0, 0.05) is 25.8 Å². The number of rotatable bonds is 3. The highest BCUT2D eigenvalue weighted by Crippen LogP contribution is 2.27. The van der Waals surface area contributed by atoms with Crippen LogP contribution in [0.25, 0.3) is 0 Å². The number of anilines is 1. The second kappa shape index (κ2) is 8.19. The number of hydrogen-bond acceptors (Lipinski definition) is 2. The number of methoxy groups -OCH3 is 1. The summed E-state index contributed by atoms with van der Waals surface area (Å²) in [5.74, 6) is 1.79. The Kier molecular flexibility index (Phi) is 6.27. The topological polar surface area (TPSA) is 36.9 Å². The molecule has 0 saturated carbocycles. The van der Waals surface area contributed by atoms with Crippen molar-refractivity contribution in [1.29, 1.82) is 0 Å². The van der Waals surface area contributed by atoms with Crippen molar-refractivity contribution in [1.82, 2.24) is 5.32 Å². The molecule has 122 valence electrons. The molecular formula is C18H22IN3O. The quantitative estimate of drug-likeness (QED) is 0.467. The van der Waals surface area contributed by atoms with Crippen LogP contribution in [-0.4, -0.2) is 26.7 Å². The van der Waals surface area contributed by atoms with Crippen LogP contribution in [0.1, 0.15) is 11.1 Å². The Morgan fingerprint density at radius 2 is 1.91 bits per heavy atom. The van der Waals surface area contributed by atoms with Gasteiger partial charge in [0.1, 0.15) is 5.75 Å². The van der Waals surface area contributed by atoms with Gasteiger partial charge < -0.3 is 15.0 Å². The molecule has 0 spiro atoms. The van der Waals surface area contributed by atoms with Gasteiger partial charge in [0.25, 0.3) is 0 Å². The zero-order valence-electron chi connectivity index (χ0n) is 13.5. The summed E-state index contributed by atoms with van der Waals surface area (Å²) in [6.45, 7) is 1.72. The highest BCUT2D eigenvalue weighted by atomic mass is 127. The first-order chi connectivity index (χ1) is 10.8. The first-order valence-corrected chi connectivity index (χ1v) is 7.51. The molecule has 0 aromatic heterocycles. The fraction of sp³-hybridized carbons (Fsp3) is 0.278. The third-order valence-corrected chi connectivity index (χ3v) is 3.96. The molecule has 5 heteroatoms. The van der Waals surface area contributed by atoms with Crippen molar-refractivity contribution in [2.24, 2.45) is 4.99 Å². The smallest absolute Gasteiger partial charge is 0.198 e. The maximum atomic E-state index is 5.18. The Hall–Kier alpha value is -1.76. The van der Waals surface area contributed by atoms with E-state index >= 15 is 0 Å². The fourth-order valence-electron chi connectivity index (χ4n) is 2.78. The molecule has 1 aliphatic heterocycles. The molecule has 0 aliphatic carbocycles. The van der Waals surface area contributed by atoms with Gasteiger partial charge in [-0.25, -0.2) is 0 Å². The number of guanidine groups is 1. The van der Waals surface area contributed by atoms with Gasteiger partial charge in [-0.3, -0.25) is 4.99 Å². The highest BCUT2D eigenvalue weighted by molar-refractivity contribution is 14.0. The van der Waals surface area contributed by atoms with Crippen molar-refractivity contribution in [2.45, 2.75) is 13.0 Å². The van der Waals surface area contributed by atoms with E-state index in [9.17, 15) is 0 Å². The molecule has 0 unspecified atom stereocenters. The number of hydrogen-bond donors (Lipinski definition) is 1. The molecule has 23 heavy (non-hydrogen) atoms. The molecule has 0 fully saturated rings. The van der Waals surface area contributed by atoms with E-state index in [-0.39, 0.29) is 24.0 Å². The van der Waals surface area contributed by atoms with Crippen LogP contribution in [0.15, 0.2) is 53.5 Å². The molecule has 0 atom stereocenters. The van der Waals surface area contributed by atoms with Crippen LogP contribution in [0.5, 0.6) is 5.75 Å². The standard InChI is InChI=1S/C18H21N3O.HI/c1-19-18(20-13-14-7-9-16(22-2)10-8-14)21-12-11-15-5-3-4-6-17(15)21;/h3-10H,11-13H2,1-2H3,(H,19,20);1H. The Labute approximate surface area is 154 Å². The van der Waals surface area contributed by atoms with Crippen LogP contribution in [0.4, 0.5) is 5.69 Å². The maximum absolute atomic E-state index is 5.18. The summed E-state index contributed by atoms with van der Waals surface area (Å²) >= 11 is 0. The molecule has 0 amide bonds. The average molecular weight is 423 g/mol. The minimum atomic E-state index is 0. The second-order valence-electron chi connectivity index (χ2n) is 5.28. The van der Waals surface area contributed by atoms with Crippen LogP contribution in [0, 0.1) is 0 Å². The second-order valence-corrected chi connectivity index (χ2v) is 5.28. The lowest BCUT2D eigenvalue weighted by molar-refractivity contribution is 0.414. The van der Waals surface area contributed by atoms with Crippen molar-refractivity contribution in [3.8, 4) is 5.75 Å². The first kappa shape index (κ1) is 17.6. The number of benzene rings is 2. The van der Waals surface area contributed by atoms with Crippen molar-refractivity contribution < 1.29 is 4.74 Å². The van der Waals surface area contributed by atoms with E-state index in [1.807, 2.05) is 19.2 Å². The number of halogens is 1. The molecule has 1 heterocycles. The third kappa shape index (κ3) is 3.96. The molecule has 4 nitrogen and oxygen atoms in total. The van der Waals surface area contributed by atoms with Gasteiger partial charge in [0.15, 0.2) is 5.96 Å². The number of ether oxygens (including phenoxy) is 1. The van der Waals surface area contributed by atoms with Crippen molar-refractivity contribution in [3.05, 3.63) is 59.7 Å². The largest absolute Gasteiger partial charge is 0.497 e. The summed E-state index contributed by atoms with van der Waals surface area (Å²) < 4.78 is 5.18. The molecule has 1 N–H and O–H groups in total. The molecule has 1 aliphatic rings. The van der Waals surface area contributed by atoms with Gasteiger partial charge in [-0.15, -0.1) is 24.0 Å². The predicted molar refractivity (Wildman–Crippen MR) is 106 cm³/mol. The number of nitrogens with zero attached hydrogens (tertiary/aromatic N) is 2. The van der Waals surface area contributed by atoms with E-state index in [1.165, 1.54) is 16.8 Å². The van der Waals surface area contributed by atoms with Gasteiger partial charge in [-0.1, -0.05) is 30.3 Å². The number of aliphatic imine (C=N–C) groups is 1. The number of nitrogens with one attached hydrogen (secondary N) is 1. The molecule has 3 rings (SSSR count). The average Bonchev–Trinajstić information content (AvgIpc) is 3.00. The first-order valence-electron chi connectivity index (χ1n) is 7.51. The Morgan fingerprint density at radius 1 is 1.17 bits per heavy atom. The fourth-order valence-corrected chi connectivity index (χ4v) is 2.78. The lowest BCUT2D eigenvalue weighted by Crippen LogP contribution is -2.40. The van der Waals surface area contributed by atoms with Crippen LogP contribution >= 0.6 is 24.0 Å². The third-order valence-electron chi connectivity index (χ3n) is 3.96. The number of fused-ring (bicyclic) bond motifs is 1. The zero-order valence-corrected chi connectivity index (χ0v) is 15.8. The molecule has 2 aromatic rings. The monoisotopic (exact) mass is 423 g/mol. The van der Waals surface area contributed by atoms with Gasteiger partial charge >= 0.3 is 0 Å². The lowest BCUT2D eigenvalue weighted by Gasteiger charge is -2.22. The highest BCUT2D eigenvalue weighted by Gasteiger charge is 2.22.